The van der Waals surface area contributed by atoms with Crippen LogP contribution in [0, 0.1) is 11.8 Å². The normalized spacial score (nSPS) is 13.1. The molecule has 1 amide bonds. The Hall–Kier alpha value is -1.79. The average molecular weight is 231 g/mol. The number of nitrogens with one attached hydrogen (secondary N) is 1. The van der Waals surface area contributed by atoms with E-state index in [4.69, 9.17) is 5.11 Å². The van der Waals surface area contributed by atoms with Crippen LogP contribution in [0.2, 0.25) is 0 Å². The zero-order chi connectivity index (χ0) is 12.7. The predicted octanol–water partition coefficient (Wildman–Crippen LogP) is 1.32. The van der Waals surface area contributed by atoms with Crippen molar-refractivity contribution >= 4 is 5.91 Å². The van der Waals surface area contributed by atoms with Crippen molar-refractivity contribution in [1.29, 1.82) is 0 Å². The first kappa shape index (κ1) is 13.3. The van der Waals surface area contributed by atoms with Crippen molar-refractivity contribution in [2.75, 3.05) is 6.61 Å². The summed E-state index contributed by atoms with van der Waals surface area (Å²) < 4.78 is 0. The Morgan fingerprint density at radius 3 is 2.59 bits per heavy atom. The molecule has 0 fully saturated rings. The van der Waals surface area contributed by atoms with Crippen molar-refractivity contribution in [1.82, 2.24) is 5.32 Å². The Morgan fingerprint density at radius 1 is 1.41 bits per heavy atom. The molecule has 0 heterocycles. The topological polar surface area (TPSA) is 49.3 Å². The molecular weight excluding hydrogens is 214 g/mol. The molecular formula is C14H17NO2. The number of aliphatic hydroxyl groups excluding tert-OH is 1. The second-order valence-corrected chi connectivity index (χ2v) is 4.14. The Bertz CT molecular complexity index is 425. The third kappa shape index (κ3) is 4.29. The van der Waals surface area contributed by atoms with E-state index in [1.807, 2.05) is 37.3 Å². The van der Waals surface area contributed by atoms with Crippen LogP contribution in [0.5, 0.6) is 0 Å². The Kier molecular flexibility index (Phi) is 4.74. The van der Waals surface area contributed by atoms with Gasteiger partial charge in [-0.1, -0.05) is 31.0 Å². The highest BCUT2D eigenvalue weighted by Gasteiger charge is 2.22. The fourth-order valence-electron chi connectivity index (χ4n) is 1.20. The van der Waals surface area contributed by atoms with Gasteiger partial charge in [0, 0.05) is 11.5 Å². The number of rotatable bonds is 3. The second kappa shape index (κ2) is 6.07. The number of amides is 1. The van der Waals surface area contributed by atoms with Gasteiger partial charge in [-0.3, -0.25) is 4.79 Å². The highest BCUT2D eigenvalue weighted by molar-refractivity contribution is 5.94. The monoisotopic (exact) mass is 231 g/mol. The minimum atomic E-state index is -0.595. The van der Waals surface area contributed by atoms with E-state index in [1.54, 1.807) is 6.92 Å². The zero-order valence-electron chi connectivity index (χ0n) is 10.2. The average Bonchev–Trinajstić information content (AvgIpc) is 2.37. The standard InChI is InChI=1S/C14H17NO2/c1-3-14(2,11-16)15-13(17)10-9-12-7-5-4-6-8-12/h4-8,16H,3,11H2,1-2H3,(H,15,17). The molecule has 3 heteroatoms. The summed E-state index contributed by atoms with van der Waals surface area (Å²) in [5, 5.41) is 11.9. The van der Waals surface area contributed by atoms with E-state index in [2.05, 4.69) is 17.2 Å². The van der Waals surface area contributed by atoms with Crippen LogP contribution in [0.4, 0.5) is 0 Å². The zero-order valence-corrected chi connectivity index (χ0v) is 10.2. The van der Waals surface area contributed by atoms with Gasteiger partial charge in [0.15, 0.2) is 0 Å². The van der Waals surface area contributed by atoms with Crippen molar-refractivity contribution in [3.63, 3.8) is 0 Å². The van der Waals surface area contributed by atoms with Crippen molar-refractivity contribution in [3.05, 3.63) is 35.9 Å². The maximum atomic E-state index is 11.6. The molecule has 0 aromatic heterocycles. The molecule has 0 aliphatic carbocycles. The summed E-state index contributed by atoms with van der Waals surface area (Å²) in [5.74, 6) is 4.92. The van der Waals surface area contributed by atoms with Crippen LogP contribution >= 0.6 is 0 Å². The molecule has 0 radical (unpaired) electrons. The van der Waals surface area contributed by atoms with E-state index in [0.29, 0.717) is 6.42 Å². The number of aliphatic hydroxyl groups is 1. The maximum absolute atomic E-state index is 11.6. The second-order valence-electron chi connectivity index (χ2n) is 4.14. The number of carbonyl (C=O) groups is 1. The van der Waals surface area contributed by atoms with E-state index in [-0.39, 0.29) is 12.5 Å². The summed E-state index contributed by atoms with van der Waals surface area (Å²) in [6, 6.07) is 9.31. The van der Waals surface area contributed by atoms with Gasteiger partial charge in [-0.25, -0.2) is 0 Å². The number of hydrogen-bond acceptors (Lipinski definition) is 2. The molecule has 0 saturated carbocycles. The van der Waals surface area contributed by atoms with Gasteiger partial charge in [0.2, 0.25) is 0 Å². The minimum Gasteiger partial charge on any atom is -0.394 e. The summed E-state index contributed by atoms with van der Waals surface area (Å²) in [6.07, 6.45) is 0.655. The van der Waals surface area contributed by atoms with Crippen LogP contribution in [-0.4, -0.2) is 23.2 Å². The molecule has 0 bridgehead atoms. The SMILES string of the molecule is CCC(C)(CO)NC(=O)C#Cc1ccccc1. The van der Waals surface area contributed by atoms with Crippen molar-refractivity contribution < 1.29 is 9.90 Å². The summed E-state index contributed by atoms with van der Waals surface area (Å²) in [4.78, 5) is 11.6. The molecule has 1 unspecified atom stereocenters. The molecule has 1 aromatic carbocycles. The Balaban J connectivity index is 2.65. The first-order valence-corrected chi connectivity index (χ1v) is 5.60. The van der Waals surface area contributed by atoms with Gasteiger partial charge in [-0.15, -0.1) is 0 Å². The van der Waals surface area contributed by atoms with Crippen LogP contribution in [0.1, 0.15) is 25.8 Å². The van der Waals surface area contributed by atoms with E-state index >= 15 is 0 Å². The molecule has 1 aromatic rings. The Morgan fingerprint density at radius 2 is 2.06 bits per heavy atom. The molecule has 1 rings (SSSR count). The summed E-state index contributed by atoms with van der Waals surface area (Å²) in [7, 11) is 0. The fraction of sp³-hybridized carbons (Fsp3) is 0.357. The van der Waals surface area contributed by atoms with Crippen LogP contribution in [0.3, 0.4) is 0 Å². The molecule has 0 spiro atoms. The van der Waals surface area contributed by atoms with Crippen LogP contribution in [0.15, 0.2) is 30.3 Å². The lowest BCUT2D eigenvalue weighted by Gasteiger charge is -2.25. The number of carbonyl (C=O) groups excluding carboxylic acids is 1. The van der Waals surface area contributed by atoms with Gasteiger partial charge in [0.05, 0.1) is 12.1 Å². The van der Waals surface area contributed by atoms with Gasteiger partial charge in [-0.05, 0) is 25.5 Å². The lowest BCUT2D eigenvalue weighted by atomic mass is 10.0. The quantitative estimate of drug-likeness (QED) is 0.771. The van der Waals surface area contributed by atoms with E-state index < -0.39 is 5.54 Å². The van der Waals surface area contributed by atoms with E-state index in [9.17, 15) is 4.79 Å². The van der Waals surface area contributed by atoms with Crippen molar-refractivity contribution in [3.8, 4) is 11.8 Å². The van der Waals surface area contributed by atoms with Crippen molar-refractivity contribution in [2.24, 2.45) is 0 Å². The number of benzene rings is 1. The van der Waals surface area contributed by atoms with Gasteiger partial charge >= 0.3 is 0 Å². The summed E-state index contributed by atoms with van der Waals surface area (Å²) in [6.45, 7) is 3.60. The highest BCUT2D eigenvalue weighted by Crippen LogP contribution is 2.06. The highest BCUT2D eigenvalue weighted by atomic mass is 16.3. The van der Waals surface area contributed by atoms with E-state index in [0.717, 1.165) is 5.56 Å². The molecule has 0 aliphatic heterocycles. The molecule has 1 atom stereocenters. The maximum Gasteiger partial charge on any atom is 0.296 e. The first-order chi connectivity index (χ1) is 8.09. The van der Waals surface area contributed by atoms with Gasteiger partial charge < -0.3 is 10.4 Å². The lowest BCUT2D eigenvalue weighted by Crippen LogP contribution is -2.47. The van der Waals surface area contributed by atoms with Crippen LogP contribution in [0.25, 0.3) is 0 Å². The first-order valence-electron chi connectivity index (χ1n) is 5.60. The summed E-state index contributed by atoms with van der Waals surface area (Å²) >= 11 is 0. The lowest BCUT2D eigenvalue weighted by molar-refractivity contribution is -0.117. The fourth-order valence-corrected chi connectivity index (χ4v) is 1.20. The van der Waals surface area contributed by atoms with Gasteiger partial charge in [0.25, 0.3) is 5.91 Å². The third-order valence-corrected chi connectivity index (χ3v) is 2.64. The van der Waals surface area contributed by atoms with Crippen LogP contribution in [-0.2, 0) is 4.79 Å². The van der Waals surface area contributed by atoms with Gasteiger partial charge in [0.1, 0.15) is 0 Å². The minimum absolute atomic E-state index is 0.0950. The molecule has 2 N–H and O–H groups in total. The number of hydrogen-bond donors (Lipinski definition) is 2. The molecule has 17 heavy (non-hydrogen) atoms. The summed E-state index contributed by atoms with van der Waals surface area (Å²) in [5.41, 5.74) is 0.201. The Labute approximate surface area is 102 Å². The van der Waals surface area contributed by atoms with Gasteiger partial charge in [-0.2, -0.15) is 0 Å². The molecule has 3 nitrogen and oxygen atoms in total. The largest absolute Gasteiger partial charge is 0.394 e. The third-order valence-electron chi connectivity index (χ3n) is 2.64. The predicted molar refractivity (Wildman–Crippen MR) is 67.2 cm³/mol. The van der Waals surface area contributed by atoms with Crippen LogP contribution < -0.4 is 5.32 Å². The van der Waals surface area contributed by atoms with E-state index in [1.165, 1.54) is 0 Å². The molecule has 90 valence electrons. The molecule has 0 saturated heterocycles. The van der Waals surface area contributed by atoms with Crippen molar-refractivity contribution in [2.45, 2.75) is 25.8 Å². The smallest absolute Gasteiger partial charge is 0.296 e. The molecule has 0 aliphatic rings.